The van der Waals surface area contributed by atoms with Gasteiger partial charge in [-0.1, -0.05) is 46.4 Å². The number of amidine groups is 1. The minimum absolute atomic E-state index is 0.174. The van der Waals surface area contributed by atoms with E-state index in [1.807, 2.05) is 50.5 Å². The standard InChI is InChI=1S/C25H25BCl2N6OS/c1-16-3-5-19(6-4-16)36(35)32-31-23(22-20(27)11-18(26)12-21(22)28)34-10-9-33(15-25(34)7-8-25)24-29-13-17(2)14-30-24/h3-6,11-14,32H,7-10,15H2,1-2H3/b31-23-. The average Bonchev–Trinajstić information content (AvgIpc) is 3.61. The second-order valence-corrected chi connectivity index (χ2v) is 11.3. The van der Waals surface area contributed by atoms with E-state index in [2.05, 4.69) is 29.7 Å². The Bertz CT molecular complexity index is 1310. The molecule has 36 heavy (non-hydrogen) atoms. The number of halogens is 2. The number of rotatable bonds is 5. The van der Waals surface area contributed by atoms with Crippen LogP contribution in [0.2, 0.25) is 10.0 Å². The molecule has 1 unspecified atom stereocenters. The van der Waals surface area contributed by atoms with Crippen molar-refractivity contribution in [2.45, 2.75) is 37.1 Å². The number of nitrogens with one attached hydrogen (secondary N) is 1. The molecule has 1 N–H and O–H groups in total. The topological polar surface area (TPSA) is 73.7 Å². The van der Waals surface area contributed by atoms with Crippen molar-refractivity contribution in [3.63, 3.8) is 0 Å². The fourth-order valence-electron chi connectivity index (χ4n) is 4.46. The lowest BCUT2D eigenvalue weighted by Crippen LogP contribution is -2.58. The molecular weight excluding hydrogens is 514 g/mol. The van der Waals surface area contributed by atoms with E-state index < -0.39 is 11.0 Å². The summed E-state index contributed by atoms with van der Waals surface area (Å²) >= 11 is 13.3. The molecule has 7 nitrogen and oxygen atoms in total. The highest BCUT2D eigenvalue weighted by atomic mass is 35.5. The fraction of sp³-hybridized carbons (Fsp3) is 0.320. The van der Waals surface area contributed by atoms with Crippen LogP contribution in [-0.4, -0.2) is 57.9 Å². The monoisotopic (exact) mass is 538 g/mol. The third kappa shape index (κ3) is 5.10. The van der Waals surface area contributed by atoms with Crippen molar-refractivity contribution in [3.05, 3.63) is 75.5 Å². The second kappa shape index (κ2) is 10.0. The molecule has 5 rings (SSSR count). The maximum Gasteiger partial charge on any atom is 0.225 e. The van der Waals surface area contributed by atoms with Gasteiger partial charge in [0, 0.05) is 32.0 Å². The van der Waals surface area contributed by atoms with Crippen LogP contribution in [0.3, 0.4) is 0 Å². The highest BCUT2D eigenvalue weighted by Crippen LogP contribution is 2.46. The molecule has 3 aromatic rings. The molecule has 1 saturated heterocycles. The lowest BCUT2D eigenvalue weighted by molar-refractivity contribution is 0.258. The maximum absolute atomic E-state index is 13.0. The Labute approximate surface area is 224 Å². The van der Waals surface area contributed by atoms with E-state index in [0.29, 0.717) is 50.8 Å². The molecule has 1 aromatic heterocycles. The lowest BCUT2D eigenvalue weighted by Gasteiger charge is -2.44. The normalized spacial score (nSPS) is 17.8. The maximum atomic E-state index is 13.0. The second-order valence-electron chi connectivity index (χ2n) is 9.33. The molecule has 1 spiro atoms. The molecule has 1 aliphatic carbocycles. The van der Waals surface area contributed by atoms with Gasteiger partial charge in [0.05, 0.1) is 26.0 Å². The van der Waals surface area contributed by atoms with Crippen LogP contribution in [0.4, 0.5) is 5.95 Å². The van der Waals surface area contributed by atoms with Crippen molar-refractivity contribution >= 4 is 59.3 Å². The van der Waals surface area contributed by atoms with Crippen molar-refractivity contribution < 1.29 is 4.21 Å². The van der Waals surface area contributed by atoms with Gasteiger partial charge < -0.3 is 9.80 Å². The molecule has 0 bridgehead atoms. The third-order valence-electron chi connectivity index (χ3n) is 6.54. The SMILES string of the molecule is [B]c1cc(Cl)c(/C(=N/NS(=O)c2ccc(C)cc2)N2CCN(c3ncc(C)cn3)CC23CC3)c(Cl)c1. The van der Waals surface area contributed by atoms with E-state index in [9.17, 15) is 4.21 Å². The van der Waals surface area contributed by atoms with Crippen LogP contribution in [0.5, 0.6) is 0 Å². The summed E-state index contributed by atoms with van der Waals surface area (Å²) in [7, 11) is 4.41. The number of hydrazone groups is 1. The van der Waals surface area contributed by atoms with Crippen LogP contribution < -0.4 is 15.2 Å². The summed E-state index contributed by atoms with van der Waals surface area (Å²) in [5.74, 6) is 1.26. The molecule has 2 aliphatic rings. The van der Waals surface area contributed by atoms with Gasteiger partial charge in [0.2, 0.25) is 5.95 Å². The molecule has 1 saturated carbocycles. The van der Waals surface area contributed by atoms with Crippen LogP contribution in [-0.2, 0) is 11.0 Å². The molecule has 184 valence electrons. The minimum Gasteiger partial charge on any atom is -0.345 e. The van der Waals surface area contributed by atoms with Crippen LogP contribution in [0.25, 0.3) is 0 Å². The van der Waals surface area contributed by atoms with Crippen LogP contribution in [0.1, 0.15) is 29.5 Å². The Balaban J connectivity index is 1.48. The van der Waals surface area contributed by atoms with Crippen LogP contribution in [0, 0.1) is 13.8 Å². The largest absolute Gasteiger partial charge is 0.345 e. The Morgan fingerprint density at radius 3 is 2.31 bits per heavy atom. The van der Waals surface area contributed by atoms with Gasteiger partial charge >= 0.3 is 0 Å². The first-order valence-corrected chi connectivity index (χ1v) is 13.5. The summed E-state index contributed by atoms with van der Waals surface area (Å²) in [4.78, 5) is 16.9. The van der Waals surface area contributed by atoms with Crippen molar-refractivity contribution in [3.8, 4) is 0 Å². The van der Waals surface area contributed by atoms with E-state index in [4.69, 9.17) is 31.0 Å². The first-order valence-electron chi connectivity index (χ1n) is 11.6. The van der Waals surface area contributed by atoms with Gasteiger partial charge in [-0.2, -0.15) is 0 Å². The Morgan fingerprint density at radius 1 is 1.06 bits per heavy atom. The first-order chi connectivity index (χ1) is 17.3. The quantitative estimate of drug-likeness (QED) is 0.233. The van der Waals surface area contributed by atoms with E-state index in [-0.39, 0.29) is 5.54 Å². The summed E-state index contributed by atoms with van der Waals surface area (Å²) in [6, 6.07) is 10.8. The van der Waals surface area contributed by atoms with Gasteiger partial charge in [0.15, 0.2) is 16.8 Å². The molecule has 2 heterocycles. The van der Waals surface area contributed by atoms with E-state index >= 15 is 0 Å². The number of nitrogens with zero attached hydrogens (tertiary/aromatic N) is 5. The average molecular weight is 539 g/mol. The smallest absolute Gasteiger partial charge is 0.225 e. The van der Waals surface area contributed by atoms with Crippen molar-refractivity contribution in [2.24, 2.45) is 5.10 Å². The Hall–Kier alpha value is -2.62. The summed E-state index contributed by atoms with van der Waals surface area (Å²) in [6.45, 7) is 6.03. The third-order valence-corrected chi connectivity index (χ3v) is 8.10. The molecule has 2 radical (unpaired) electrons. The molecule has 2 aromatic carbocycles. The molecule has 2 fully saturated rings. The van der Waals surface area contributed by atoms with Crippen LogP contribution >= 0.6 is 23.2 Å². The molecule has 0 amide bonds. The highest BCUT2D eigenvalue weighted by Gasteiger charge is 2.53. The first kappa shape index (κ1) is 25.1. The number of aromatic nitrogens is 2. The van der Waals surface area contributed by atoms with Crippen molar-refractivity contribution in [1.29, 1.82) is 0 Å². The zero-order valence-electron chi connectivity index (χ0n) is 20.0. The highest BCUT2D eigenvalue weighted by molar-refractivity contribution is 7.83. The molecular formula is C25H25BCl2N6OS. The predicted octanol–water partition coefficient (Wildman–Crippen LogP) is 3.52. The number of hydrogen-bond donors (Lipinski definition) is 1. The minimum atomic E-state index is -1.56. The molecule has 1 atom stereocenters. The Kier molecular flexibility index (Phi) is 6.98. The number of piperazine rings is 1. The zero-order valence-corrected chi connectivity index (χ0v) is 22.4. The summed E-state index contributed by atoms with van der Waals surface area (Å²) in [5.41, 5.74) is 2.96. The molecule has 1 aliphatic heterocycles. The van der Waals surface area contributed by atoms with Crippen LogP contribution in [0.15, 0.2) is 58.8 Å². The van der Waals surface area contributed by atoms with Gasteiger partial charge in [-0.25, -0.2) is 19.0 Å². The van der Waals surface area contributed by atoms with Gasteiger partial charge in [0.1, 0.15) is 7.85 Å². The van der Waals surface area contributed by atoms with E-state index in [1.165, 1.54) is 0 Å². The summed E-state index contributed by atoms with van der Waals surface area (Å²) < 4.78 is 13.0. The molecule has 11 heteroatoms. The van der Waals surface area contributed by atoms with Gasteiger partial charge in [-0.15, -0.1) is 5.10 Å². The number of anilines is 1. The fourth-order valence-corrected chi connectivity index (χ4v) is 5.79. The number of benzene rings is 2. The summed E-state index contributed by atoms with van der Waals surface area (Å²) in [5, 5.41) is 5.43. The van der Waals surface area contributed by atoms with E-state index in [1.54, 1.807) is 12.1 Å². The van der Waals surface area contributed by atoms with Gasteiger partial charge in [-0.3, -0.25) is 0 Å². The lowest BCUT2D eigenvalue weighted by atomic mass is 9.94. The van der Waals surface area contributed by atoms with Crippen molar-refractivity contribution in [1.82, 2.24) is 19.7 Å². The predicted molar refractivity (Wildman–Crippen MR) is 147 cm³/mol. The van der Waals surface area contributed by atoms with E-state index in [0.717, 1.165) is 30.5 Å². The van der Waals surface area contributed by atoms with Crippen molar-refractivity contribution in [2.75, 3.05) is 24.5 Å². The summed E-state index contributed by atoms with van der Waals surface area (Å²) in [6.07, 6.45) is 5.61. The number of hydrogen-bond acceptors (Lipinski definition) is 5. The van der Waals surface area contributed by atoms with Gasteiger partial charge in [-0.05, 0) is 56.5 Å². The zero-order chi connectivity index (χ0) is 25.4. The number of aryl methyl sites for hydroxylation is 2. The Morgan fingerprint density at radius 2 is 1.69 bits per heavy atom. The van der Waals surface area contributed by atoms with Gasteiger partial charge in [0.25, 0.3) is 0 Å².